The fourth-order valence-corrected chi connectivity index (χ4v) is 0.953. The van der Waals surface area contributed by atoms with Crippen molar-refractivity contribution in [2.45, 2.75) is 19.4 Å². The van der Waals surface area contributed by atoms with Crippen molar-refractivity contribution < 1.29 is 9.90 Å². The van der Waals surface area contributed by atoms with E-state index >= 15 is 0 Å². The Morgan fingerprint density at radius 2 is 2.07 bits per heavy atom. The number of carboxylic acids is 1. The second-order valence-corrected chi connectivity index (χ2v) is 3.00. The number of carbonyl (C=O) groups is 1. The first-order valence-corrected chi connectivity index (χ1v) is 4.36. The van der Waals surface area contributed by atoms with Gasteiger partial charge in [-0.3, -0.25) is 4.79 Å². The fraction of sp³-hybridized carbons (Fsp3) is 0.300. The van der Waals surface area contributed by atoms with Crippen LogP contribution in [-0.2, 0) is 4.79 Å². The van der Waals surface area contributed by atoms with Crippen molar-refractivity contribution in [2.24, 2.45) is 10.2 Å². The third-order valence-electron chi connectivity index (χ3n) is 1.60. The third kappa shape index (κ3) is 3.80. The zero-order valence-corrected chi connectivity index (χ0v) is 7.92. The van der Waals surface area contributed by atoms with E-state index in [0.29, 0.717) is 0 Å². The number of azo groups is 1. The second kappa shape index (κ2) is 5.11. The van der Waals surface area contributed by atoms with Gasteiger partial charge in [-0.05, 0) is 19.1 Å². The molecular formula is C10H12N2O2. The van der Waals surface area contributed by atoms with E-state index in [1.165, 1.54) is 0 Å². The normalized spacial score (nSPS) is 12.9. The highest BCUT2D eigenvalue weighted by molar-refractivity contribution is 5.67. The molecule has 1 aromatic carbocycles. The minimum Gasteiger partial charge on any atom is -0.481 e. The summed E-state index contributed by atoms with van der Waals surface area (Å²) in [4.78, 5) is 10.3. The summed E-state index contributed by atoms with van der Waals surface area (Å²) in [6.45, 7) is 1.72. The first-order valence-electron chi connectivity index (χ1n) is 4.36. The number of hydrogen-bond donors (Lipinski definition) is 1. The Bertz CT molecular complexity index is 322. The minimum absolute atomic E-state index is 0.0103. The van der Waals surface area contributed by atoms with Gasteiger partial charge in [-0.15, -0.1) is 0 Å². The Morgan fingerprint density at radius 1 is 1.43 bits per heavy atom. The molecule has 0 aliphatic heterocycles. The molecule has 0 amide bonds. The zero-order chi connectivity index (χ0) is 10.4. The number of rotatable bonds is 4. The summed E-state index contributed by atoms with van der Waals surface area (Å²) in [5, 5.41) is 16.3. The van der Waals surface area contributed by atoms with E-state index in [9.17, 15) is 4.79 Å². The molecule has 0 saturated carbocycles. The number of aliphatic carboxylic acids is 1. The molecule has 1 atom stereocenters. The predicted octanol–water partition coefficient (Wildman–Crippen LogP) is 2.63. The van der Waals surface area contributed by atoms with Crippen molar-refractivity contribution in [3.8, 4) is 0 Å². The average molecular weight is 192 g/mol. The molecule has 0 radical (unpaired) electrons. The highest BCUT2D eigenvalue weighted by Crippen LogP contribution is 2.11. The number of hydrogen-bond acceptors (Lipinski definition) is 3. The molecule has 0 aromatic heterocycles. The predicted molar refractivity (Wildman–Crippen MR) is 52.7 cm³/mol. The van der Waals surface area contributed by atoms with Gasteiger partial charge in [0.1, 0.15) is 0 Å². The SMILES string of the molecule is CC(CC(=O)O)N=Nc1ccccc1. The van der Waals surface area contributed by atoms with Gasteiger partial charge >= 0.3 is 5.97 Å². The molecular weight excluding hydrogens is 180 g/mol. The van der Waals surface area contributed by atoms with Crippen molar-refractivity contribution >= 4 is 11.7 Å². The smallest absolute Gasteiger partial charge is 0.305 e. The van der Waals surface area contributed by atoms with E-state index < -0.39 is 5.97 Å². The number of benzene rings is 1. The van der Waals surface area contributed by atoms with Gasteiger partial charge in [0.25, 0.3) is 0 Å². The van der Waals surface area contributed by atoms with E-state index in [2.05, 4.69) is 10.2 Å². The highest BCUT2D eigenvalue weighted by Gasteiger charge is 2.04. The van der Waals surface area contributed by atoms with Gasteiger partial charge in [-0.1, -0.05) is 18.2 Å². The Balaban J connectivity index is 2.52. The van der Waals surface area contributed by atoms with Crippen LogP contribution in [0.2, 0.25) is 0 Å². The van der Waals surface area contributed by atoms with Gasteiger partial charge in [0, 0.05) is 0 Å². The lowest BCUT2D eigenvalue weighted by Crippen LogP contribution is -2.05. The van der Waals surface area contributed by atoms with Crippen molar-refractivity contribution in [1.82, 2.24) is 0 Å². The van der Waals surface area contributed by atoms with Gasteiger partial charge in [-0.2, -0.15) is 10.2 Å². The molecule has 4 heteroatoms. The van der Waals surface area contributed by atoms with Gasteiger partial charge < -0.3 is 5.11 Å². The maximum atomic E-state index is 10.3. The Morgan fingerprint density at radius 3 is 2.64 bits per heavy atom. The molecule has 4 nitrogen and oxygen atoms in total. The largest absolute Gasteiger partial charge is 0.481 e. The van der Waals surface area contributed by atoms with Crippen molar-refractivity contribution in [1.29, 1.82) is 0 Å². The standard InChI is InChI=1S/C10H12N2O2/c1-8(7-10(13)14)11-12-9-5-3-2-4-6-9/h2-6,8H,7H2,1H3,(H,13,14). The molecule has 0 bridgehead atoms. The van der Waals surface area contributed by atoms with Crippen molar-refractivity contribution in [3.63, 3.8) is 0 Å². The monoisotopic (exact) mass is 192 g/mol. The lowest BCUT2D eigenvalue weighted by atomic mass is 10.2. The van der Waals surface area contributed by atoms with Crippen LogP contribution in [0.5, 0.6) is 0 Å². The first-order chi connectivity index (χ1) is 6.68. The van der Waals surface area contributed by atoms with Gasteiger partial charge in [0.2, 0.25) is 0 Å². The second-order valence-electron chi connectivity index (χ2n) is 3.00. The van der Waals surface area contributed by atoms with Crippen LogP contribution < -0.4 is 0 Å². The van der Waals surface area contributed by atoms with Crippen molar-refractivity contribution in [2.75, 3.05) is 0 Å². The van der Waals surface area contributed by atoms with Crippen LogP contribution in [0, 0.1) is 0 Å². The van der Waals surface area contributed by atoms with Crippen LogP contribution in [0.3, 0.4) is 0 Å². The molecule has 0 spiro atoms. The van der Waals surface area contributed by atoms with E-state index in [-0.39, 0.29) is 12.5 Å². The van der Waals surface area contributed by atoms with Crippen LogP contribution >= 0.6 is 0 Å². The average Bonchev–Trinajstić information content (AvgIpc) is 2.15. The molecule has 74 valence electrons. The maximum Gasteiger partial charge on any atom is 0.305 e. The summed E-state index contributed by atoms with van der Waals surface area (Å²) in [5.74, 6) is -0.857. The summed E-state index contributed by atoms with van der Waals surface area (Å²) in [6, 6.07) is 8.95. The Hall–Kier alpha value is -1.71. The number of carboxylic acid groups (broad SMARTS) is 1. The minimum atomic E-state index is -0.857. The van der Waals surface area contributed by atoms with E-state index in [1.54, 1.807) is 6.92 Å². The molecule has 0 fully saturated rings. The summed E-state index contributed by atoms with van der Waals surface area (Å²) >= 11 is 0. The quantitative estimate of drug-likeness (QED) is 0.745. The van der Waals surface area contributed by atoms with Gasteiger partial charge in [0.15, 0.2) is 0 Å². The lowest BCUT2D eigenvalue weighted by molar-refractivity contribution is -0.137. The summed E-state index contributed by atoms with van der Waals surface area (Å²) in [6.07, 6.45) is 0.0103. The molecule has 1 N–H and O–H groups in total. The Labute approximate surface area is 82.3 Å². The van der Waals surface area contributed by atoms with Crippen LogP contribution in [0.1, 0.15) is 13.3 Å². The lowest BCUT2D eigenvalue weighted by Gasteiger charge is -1.98. The third-order valence-corrected chi connectivity index (χ3v) is 1.60. The molecule has 14 heavy (non-hydrogen) atoms. The number of nitrogens with zero attached hydrogens (tertiary/aromatic N) is 2. The fourth-order valence-electron chi connectivity index (χ4n) is 0.953. The first kappa shape index (κ1) is 10.4. The molecule has 1 aromatic rings. The van der Waals surface area contributed by atoms with Gasteiger partial charge in [0.05, 0.1) is 18.2 Å². The van der Waals surface area contributed by atoms with Crippen LogP contribution in [-0.4, -0.2) is 17.1 Å². The maximum absolute atomic E-state index is 10.3. The Kier molecular flexibility index (Phi) is 3.79. The summed E-state index contributed by atoms with van der Waals surface area (Å²) in [5.41, 5.74) is 0.740. The molecule has 0 heterocycles. The molecule has 0 aliphatic rings. The van der Waals surface area contributed by atoms with Crippen LogP contribution in [0.4, 0.5) is 5.69 Å². The summed E-state index contributed by atoms with van der Waals surface area (Å²) < 4.78 is 0. The topological polar surface area (TPSA) is 62.0 Å². The van der Waals surface area contributed by atoms with Crippen LogP contribution in [0.15, 0.2) is 40.6 Å². The van der Waals surface area contributed by atoms with Crippen molar-refractivity contribution in [3.05, 3.63) is 30.3 Å². The summed E-state index contributed by atoms with van der Waals surface area (Å²) in [7, 11) is 0. The molecule has 0 aliphatic carbocycles. The highest BCUT2D eigenvalue weighted by atomic mass is 16.4. The van der Waals surface area contributed by atoms with E-state index in [4.69, 9.17) is 5.11 Å². The molecule has 1 unspecified atom stereocenters. The zero-order valence-electron chi connectivity index (χ0n) is 7.92. The van der Waals surface area contributed by atoms with Gasteiger partial charge in [-0.25, -0.2) is 0 Å². The molecule has 0 saturated heterocycles. The van der Waals surface area contributed by atoms with Crippen LogP contribution in [0.25, 0.3) is 0 Å². The van der Waals surface area contributed by atoms with E-state index in [0.717, 1.165) is 5.69 Å². The molecule has 1 rings (SSSR count). The van der Waals surface area contributed by atoms with E-state index in [1.807, 2.05) is 30.3 Å².